The third-order valence-electron chi connectivity index (χ3n) is 11.8. The fraction of sp³-hybridized carbons (Fsp3) is 0.727. The van der Waals surface area contributed by atoms with Gasteiger partial charge >= 0.3 is 0 Å². The molecule has 1 fully saturated rings. The summed E-state index contributed by atoms with van der Waals surface area (Å²) >= 11 is 0. The number of amides is 1. The minimum Gasteiger partial charge on any atom is -0.394 e. The lowest BCUT2D eigenvalue weighted by Crippen LogP contribution is -2.60. The lowest BCUT2D eigenvalue weighted by molar-refractivity contribution is -0.302. The minimum atomic E-state index is -1.56. The Hall–Kier alpha value is -2.63. The second-order valence-electron chi connectivity index (χ2n) is 17.6. The summed E-state index contributed by atoms with van der Waals surface area (Å²) in [7, 11) is 0. The van der Waals surface area contributed by atoms with Gasteiger partial charge in [0.1, 0.15) is 24.4 Å². The molecular weight excluding hydrogens is 803 g/mol. The number of allylic oxidation sites excluding steroid dienone is 14. The normalized spacial score (nSPS) is 20.8. The van der Waals surface area contributed by atoms with Crippen LogP contribution in [0.5, 0.6) is 0 Å². The number of nitrogens with one attached hydrogen (secondary N) is 1. The Bertz CT molecular complexity index is 1270. The van der Waals surface area contributed by atoms with E-state index in [1.54, 1.807) is 0 Å². The lowest BCUT2D eigenvalue weighted by Gasteiger charge is -2.40. The molecular formula is C55H95NO8. The number of carbonyl (C=O) groups is 1. The van der Waals surface area contributed by atoms with Crippen molar-refractivity contribution in [2.75, 3.05) is 13.2 Å². The van der Waals surface area contributed by atoms with Crippen molar-refractivity contribution < 1.29 is 39.8 Å². The van der Waals surface area contributed by atoms with Gasteiger partial charge in [-0.15, -0.1) is 0 Å². The maximum atomic E-state index is 13.0. The molecule has 7 unspecified atom stereocenters. The van der Waals surface area contributed by atoms with Gasteiger partial charge in [-0.2, -0.15) is 0 Å². The van der Waals surface area contributed by atoms with Crippen molar-refractivity contribution >= 4 is 5.91 Å². The molecule has 0 spiro atoms. The zero-order chi connectivity index (χ0) is 46.6. The average molecular weight is 898 g/mol. The highest BCUT2D eigenvalue weighted by Crippen LogP contribution is 2.23. The predicted octanol–water partition coefficient (Wildman–Crippen LogP) is 11.9. The highest BCUT2D eigenvalue weighted by atomic mass is 16.7. The van der Waals surface area contributed by atoms with Gasteiger partial charge in [-0.05, 0) is 70.6 Å². The van der Waals surface area contributed by atoms with Gasteiger partial charge in [-0.1, -0.05) is 208 Å². The SMILES string of the molecule is CC/C=C\C/C=C\C/C=C\C/C=C\C/C=C\C/C=C\C/C=C\CCCCCC(=O)NC(COC1OC(CO)C(O)C(O)C1O)C(O)CCCCCCCCCCCCCCCCCC. The van der Waals surface area contributed by atoms with Crippen LogP contribution in [-0.4, -0.2) is 87.5 Å². The average Bonchev–Trinajstić information content (AvgIpc) is 3.29. The summed E-state index contributed by atoms with van der Waals surface area (Å²) < 4.78 is 11.3. The van der Waals surface area contributed by atoms with Crippen molar-refractivity contribution in [3.8, 4) is 0 Å². The molecule has 1 aliphatic heterocycles. The molecule has 1 heterocycles. The van der Waals surface area contributed by atoms with E-state index in [0.717, 1.165) is 89.9 Å². The van der Waals surface area contributed by atoms with Gasteiger partial charge in [0.05, 0.1) is 25.4 Å². The van der Waals surface area contributed by atoms with E-state index in [1.807, 2.05) is 0 Å². The topological polar surface area (TPSA) is 149 Å². The maximum Gasteiger partial charge on any atom is 0.220 e. The number of aliphatic hydroxyl groups excluding tert-OH is 5. The molecule has 1 aliphatic rings. The first-order chi connectivity index (χ1) is 31.3. The number of hydrogen-bond acceptors (Lipinski definition) is 8. The Balaban J connectivity index is 2.31. The number of aliphatic hydroxyl groups is 5. The van der Waals surface area contributed by atoms with Gasteiger partial charge < -0.3 is 40.3 Å². The molecule has 0 aliphatic carbocycles. The largest absolute Gasteiger partial charge is 0.394 e. The van der Waals surface area contributed by atoms with E-state index in [9.17, 15) is 30.3 Å². The van der Waals surface area contributed by atoms with Crippen molar-refractivity contribution in [3.05, 3.63) is 85.1 Å². The standard InChI is InChI=1S/C55H95NO8/c1-3-5-7-9-11-13-15-17-19-21-22-23-24-25-26-27-28-29-31-33-35-37-39-41-43-45-51(59)56-48(47-63-55-54(62)53(61)52(60)50(46-57)64-55)49(58)44-42-40-38-36-34-32-30-20-18-16-14-12-10-8-6-4-2/h5,7,11,13,17,19,22-23,25-26,28-29,33,35,48-50,52-55,57-58,60-62H,3-4,6,8-10,12,14-16,18,20-21,24,27,30-32,34,36-47H2,1-2H3,(H,56,59)/b7-5-,13-11-,19-17-,23-22-,26-25-,29-28-,35-33-. The highest BCUT2D eigenvalue weighted by molar-refractivity contribution is 5.76. The summed E-state index contributed by atoms with van der Waals surface area (Å²) in [5.41, 5.74) is 0. The monoisotopic (exact) mass is 898 g/mol. The van der Waals surface area contributed by atoms with Crippen molar-refractivity contribution in [1.82, 2.24) is 5.32 Å². The molecule has 0 aromatic heterocycles. The summed E-state index contributed by atoms with van der Waals surface area (Å²) in [6.45, 7) is 3.70. The van der Waals surface area contributed by atoms with Crippen molar-refractivity contribution in [3.63, 3.8) is 0 Å². The summed E-state index contributed by atoms with van der Waals surface area (Å²) in [5.74, 6) is -0.179. The summed E-state index contributed by atoms with van der Waals surface area (Å²) in [6, 6.07) is -0.742. The number of rotatable bonds is 42. The molecule has 7 atom stereocenters. The van der Waals surface area contributed by atoms with Crippen LogP contribution in [0.2, 0.25) is 0 Å². The Morgan fingerprint density at radius 1 is 0.547 bits per heavy atom. The van der Waals surface area contributed by atoms with E-state index in [0.29, 0.717) is 12.8 Å². The van der Waals surface area contributed by atoms with E-state index in [-0.39, 0.29) is 12.5 Å². The minimum absolute atomic E-state index is 0.157. The summed E-state index contributed by atoms with van der Waals surface area (Å²) in [5, 5.41) is 54.5. The number of carbonyl (C=O) groups excluding carboxylic acids is 1. The van der Waals surface area contributed by atoms with E-state index in [1.165, 1.54) is 83.5 Å². The Labute approximate surface area is 391 Å². The molecule has 1 saturated heterocycles. The van der Waals surface area contributed by atoms with Crippen LogP contribution in [0.15, 0.2) is 85.1 Å². The first kappa shape index (κ1) is 59.4. The molecule has 1 rings (SSSR count). The first-order valence-corrected chi connectivity index (χ1v) is 25.8. The van der Waals surface area contributed by atoms with Gasteiger partial charge in [-0.3, -0.25) is 4.79 Å². The number of hydrogen-bond donors (Lipinski definition) is 6. The molecule has 0 radical (unpaired) electrons. The number of unbranched alkanes of at least 4 members (excludes halogenated alkanes) is 18. The van der Waals surface area contributed by atoms with Crippen molar-refractivity contribution in [2.45, 2.75) is 243 Å². The van der Waals surface area contributed by atoms with Crippen molar-refractivity contribution in [2.24, 2.45) is 0 Å². The Kier molecular flexibility index (Phi) is 41.0. The third kappa shape index (κ3) is 33.8. The third-order valence-corrected chi connectivity index (χ3v) is 11.8. The van der Waals surface area contributed by atoms with Crippen LogP contribution in [0.4, 0.5) is 0 Å². The zero-order valence-electron chi connectivity index (χ0n) is 40.5. The maximum absolute atomic E-state index is 13.0. The van der Waals surface area contributed by atoms with Crippen LogP contribution in [-0.2, 0) is 14.3 Å². The highest BCUT2D eigenvalue weighted by Gasteiger charge is 2.44. The lowest BCUT2D eigenvalue weighted by atomic mass is 9.99. The number of ether oxygens (including phenoxy) is 2. The molecule has 0 aromatic rings. The van der Waals surface area contributed by atoms with Crippen LogP contribution >= 0.6 is 0 Å². The fourth-order valence-corrected chi connectivity index (χ4v) is 7.67. The molecule has 64 heavy (non-hydrogen) atoms. The smallest absolute Gasteiger partial charge is 0.220 e. The van der Waals surface area contributed by atoms with Gasteiger partial charge in [0.25, 0.3) is 0 Å². The molecule has 0 saturated carbocycles. The summed E-state index contributed by atoms with van der Waals surface area (Å²) in [6.07, 6.45) is 54.4. The second kappa shape index (κ2) is 44.2. The van der Waals surface area contributed by atoms with Crippen LogP contribution in [0.3, 0.4) is 0 Å². The van der Waals surface area contributed by atoms with E-state index in [4.69, 9.17) is 9.47 Å². The molecule has 1 amide bonds. The molecule has 9 heteroatoms. The first-order valence-electron chi connectivity index (χ1n) is 25.8. The predicted molar refractivity (Wildman–Crippen MR) is 267 cm³/mol. The van der Waals surface area contributed by atoms with Crippen molar-refractivity contribution in [1.29, 1.82) is 0 Å². The van der Waals surface area contributed by atoms with Crippen LogP contribution in [0.1, 0.15) is 200 Å². The van der Waals surface area contributed by atoms with E-state index < -0.39 is 49.5 Å². The van der Waals surface area contributed by atoms with Crippen LogP contribution in [0.25, 0.3) is 0 Å². The molecule has 0 aromatic carbocycles. The van der Waals surface area contributed by atoms with Gasteiger partial charge in [0, 0.05) is 6.42 Å². The van der Waals surface area contributed by atoms with E-state index >= 15 is 0 Å². The fourth-order valence-electron chi connectivity index (χ4n) is 7.67. The molecule has 6 N–H and O–H groups in total. The van der Waals surface area contributed by atoms with E-state index in [2.05, 4.69) is 104 Å². The van der Waals surface area contributed by atoms with Gasteiger partial charge in [0.15, 0.2) is 6.29 Å². The molecule has 9 nitrogen and oxygen atoms in total. The van der Waals surface area contributed by atoms with Gasteiger partial charge in [0.2, 0.25) is 5.91 Å². The quantitative estimate of drug-likeness (QED) is 0.0262. The van der Waals surface area contributed by atoms with Crippen LogP contribution in [0, 0.1) is 0 Å². The van der Waals surface area contributed by atoms with Crippen LogP contribution < -0.4 is 5.32 Å². The Morgan fingerprint density at radius 2 is 0.969 bits per heavy atom. The summed E-state index contributed by atoms with van der Waals surface area (Å²) in [4.78, 5) is 13.0. The second-order valence-corrected chi connectivity index (χ2v) is 17.6. The Morgan fingerprint density at radius 3 is 1.42 bits per heavy atom. The molecule has 368 valence electrons. The molecule has 0 bridgehead atoms. The van der Waals surface area contributed by atoms with Gasteiger partial charge in [-0.25, -0.2) is 0 Å². The zero-order valence-corrected chi connectivity index (χ0v) is 40.5.